The van der Waals surface area contributed by atoms with Crippen LogP contribution in [-0.4, -0.2) is 29.2 Å². The van der Waals surface area contributed by atoms with E-state index in [0.717, 1.165) is 10.1 Å². The number of nitrogens with zero attached hydrogens (tertiary/aromatic N) is 6. The van der Waals surface area contributed by atoms with Crippen LogP contribution in [-0.2, 0) is 0 Å². The lowest BCUT2D eigenvalue weighted by Gasteiger charge is -1.94. The van der Waals surface area contributed by atoms with Gasteiger partial charge in [0.1, 0.15) is 0 Å². The average molecular weight is 420 g/mol. The van der Waals surface area contributed by atoms with Crippen LogP contribution >= 0.6 is 50.7 Å². The van der Waals surface area contributed by atoms with Crippen LogP contribution in [0, 0.1) is 0 Å². The maximum atomic E-state index is 5.80. The van der Waals surface area contributed by atoms with Gasteiger partial charge in [0.05, 0.1) is 9.50 Å². The standard InChI is InChI=1S/C6H3BrClN3.C6H3Cl2N3/c2*7-4-3-5(8)10-11-2-1-9-6(4)11/h2*1-3H. The lowest BCUT2D eigenvalue weighted by molar-refractivity contribution is 0.932. The molecule has 4 rings (SSSR count). The Kier molecular flexibility index (Phi) is 4.49. The normalized spacial score (nSPS) is 10.7. The first-order chi connectivity index (χ1) is 10.5. The summed E-state index contributed by atoms with van der Waals surface area (Å²) in [5.74, 6) is 0. The van der Waals surface area contributed by atoms with E-state index in [0.29, 0.717) is 21.0 Å². The third kappa shape index (κ3) is 3.17. The lowest BCUT2D eigenvalue weighted by Crippen LogP contribution is -1.90. The van der Waals surface area contributed by atoms with Crippen molar-refractivity contribution in [3.8, 4) is 0 Å². The van der Waals surface area contributed by atoms with Gasteiger partial charge in [0.2, 0.25) is 0 Å². The molecule has 0 amide bonds. The molecule has 4 heterocycles. The Morgan fingerprint density at radius 3 is 2.05 bits per heavy atom. The van der Waals surface area contributed by atoms with Crippen molar-refractivity contribution < 1.29 is 0 Å². The Balaban J connectivity index is 0.000000131. The van der Waals surface area contributed by atoms with Crippen molar-refractivity contribution >= 4 is 62.0 Å². The Morgan fingerprint density at radius 2 is 1.36 bits per heavy atom. The largest absolute Gasteiger partial charge is 0.235 e. The van der Waals surface area contributed by atoms with Gasteiger partial charge in [-0.3, -0.25) is 0 Å². The zero-order chi connectivity index (χ0) is 15.7. The summed E-state index contributed by atoms with van der Waals surface area (Å²) in [6, 6.07) is 3.27. The number of fused-ring (bicyclic) bond motifs is 2. The summed E-state index contributed by atoms with van der Waals surface area (Å²) in [4.78, 5) is 8.02. The summed E-state index contributed by atoms with van der Waals surface area (Å²) in [5.41, 5.74) is 1.39. The van der Waals surface area contributed by atoms with E-state index in [-0.39, 0.29) is 0 Å². The van der Waals surface area contributed by atoms with Crippen molar-refractivity contribution in [3.05, 3.63) is 56.7 Å². The monoisotopic (exact) mass is 418 g/mol. The van der Waals surface area contributed by atoms with Crippen LogP contribution in [0.4, 0.5) is 0 Å². The summed E-state index contributed by atoms with van der Waals surface area (Å²) < 4.78 is 4.00. The minimum Gasteiger partial charge on any atom is -0.235 e. The molecule has 0 aliphatic carbocycles. The molecule has 10 heteroatoms. The van der Waals surface area contributed by atoms with Crippen LogP contribution in [0.25, 0.3) is 11.3 Å². The van der Waals surface area contributed by atoms with E-state index < -0.39 is 0 Å². The van der Waals surface area contributed by atoms with Gasteiger partial charge in [-0.05, 0) is 28.1 Å². The average Bonchev–Trinajstić information content (AvgIpc) is 3.07. The van der Waals surface area contributed by atoms with Crippen molar-refractivity contribution in [1.29, 1.82) is 0 Å². The maximum absolute atomic E-state index is 5.80. The van der Waals surface area contributed by atoms with Gasteiger partial charge in [0, 0.05) is 24.8 Å². The molecule has 0 spiro atoms. The van der Waals surface area contributed by atoms with Crippen LogP contribution in [0.3, 0.4) is 0 Å². The molecule has 22 heavy (non-hydrogen) atoms. The maximum Gasteiger partial charge on any atom is 0.172 e. The number of aromatic nitrogens is 6. The Hall–Kier alpha value is -1.41. The molecular formula is C12H6BrCl3N6. The molecule has 0 radical (unpaired) electrons. The van der Waals surface area contributed by atoms with Crippen LogP contribution in [0.15, 0.2) is 41.4 Å². The van der Waals surface area contributed by atoms with Gasteiger partial charge in [-0.2, -0.15) is 10.2 Å². The highest BCUT2D eigenvalue weighted by Gasteiger charge is 2.02. The molecule has 0 atom stereocenters. The number of rotatable bonds is 0. The van der Waals surface area contributed by atoms with Crippen molar-refractivity contribution in [3.63, 3.8) is 0 Å². The van der Waals surface area contributed by atoms with Gasteiger partial charge in [-0.25, -0.2) is 19.0 Å². The SMILES string of the molecule is Clc1cc(Br)c2nccn2n1.Clc1cc(Cl)c2nccn2n1. The van der Waals surface area contributed by atoms with Gasteiger partial charge in [-0.15, -0.1) is 0 Å². The molecule has 0 N–H and O–H groups in total. The second-order valence-electron chi connectivity index (χ2n) is 4.02. The summed E-state index contributed by atoms with van der Waals surface area (Å²) in [5, 5.41) is 9.24. The van der Waals surface area contributed by atoms with Gasteiger partial charge < -0.3 is 0 Å². The molecule has 0 fully saturated rings. The first-order valence-corrected chi connectivity index (χ1v) is 7.78. The highest BCUT2D eigenvalue weighted by atomic mass is 79.9. The van der Waals surface area contributed by atoms with Crippen LogP contribution < -0.4 is 0 Å². The van der Waals surface area contributed by atoms with Crippen LogP contribution in [0.1, 0.15) is 0 Å². The summed E-state index contributed by atoms with van der Waals surface area (Å²) >= 11 is 20.4. The second-order valence-corrected chi connectivity index (χ2v) is 6.06. The van der Waals surface area contributed by atoms with E-state index in [1.807, 2.05) is 0 Å². The molecule has 4 aromatic rings. The number of halogens is 4. The third-order valence-corrected chi connectivity index (χ3v) is 3.80. The summed E-state index contributed by atoms with van der Waals surface area (Å²) in [6.45, 7) is 0. The fraction of sp³-hybridized carbons (Fsp3) is 0. The van der Waals surface area contributed by atoms with Gasteiger partial charge in [0.15, 0.2) is 21.6 Å². The molecular weight excluding hydrogens is 414 g/mol. The van der Waals surface area contributed by atoms with Gasteiger partial charge in [-0.1, -0.05) is 34.8 Å². The molecule has 0 bridgehead atoms. The molecule has 4 aromatic heterocycles. The third-order valence-electron chi connectivity index (χ3n) is 2.57. The van der Waals surface area contributed by atoms with Crippen molar-refractivity contribution in [1.82, 2.24) is 29.2 Å². The van der Waals surface area contributed by atoms with Crippen molar-refractivity contribution in [2.24, 2.45) is 0 Å². The van der Waals surface area contributed by atoms with E-state index in [1.165, 1.54) is 4.52 Å². The number of imidazole rings is 2. The van der Waals surface area contributed by atoms with E-state index in [4.69, 9.17) is 34.8 Å². The topological polar surface area (TPSA) is 60.4 Å². The van der Waals surface area contributed by atoms with Crippen molar-refractivity contribution in [2.75, 3.05) is 0 Å². The first-order valence-electron chi connectivity index (χ1n) is 5.85. The van der Waals surface area contributed by atoms with Crippen LogP contribution in [0.5, 0.6) is 0 Å². The lowest BCUT2D eigenvalue weighted by atomic mass is 10.5. The van der Waals surface area contributed by atoms with Crippen LogP contribution in [0.2, 0.25) is 15.3 Å². The predicted octanol–water partition coefficient (Wildman–Crippen LogP) is 4.18. The molecule has 0 aromatic carbocycles. The quantitative estimate of drug-likeness (QED) is 0.428. The molecule has 0 aliphatic rings. The highest BCUT2D eigenvalue weighted by molar-refractivity contribution is 9.10. The fourth-order valence-electron chi connectivity index (χ4n) is 1.70. The Bertz CT molecular complexity index is 872. The highest BCUT2D eigenvalue weighted by Crippen LogP contribution is 2.18. The smallest absolute Gasteiger partial charge is 0.172 e. The van der Waals surface area contributed by atoms with Gasteiger partial charge in [0.25, 0.3) is 0 Å². The first kappa shape index (κ1) is 15.5. The van der Waals surface area contributed by atoms with Crippen molar-refractivity contribution in [2.45, 2.75) is 0 Å². The molecule has 0 unspecified atom stereocenters. The number of hydrogen-bond donors (Lipinski definition) is 0. The molecule has 112 valence electrons. The summed E-state index contributed by atoms with van der Waals surface area (Å²) in [6.07, 6.45) is 6.72. The Labute approximate surface area is 147 Å². The minimum absolute atomic E-state index is 0.362. The second kappa shape index (κ2) is 6.37. The minimum atomic E-state index is 0.362. The van der Waals surface area contributed by atoms with E-state index in [9.17, 15) is 0 Å². The molecule has 0 saturated heterocycles. The van der Waals surface area contributed by atoms with E-state index >= 15 is 0 Å². The number of hydrogen-bond acceptors (Lipinski definition) is 4. The predicted molar refractivity (Wildman–Crippen MR) is 88.7 cm³/mol. The fourth-order valence-corrected chi connectivity index (χ4v) is 3.01. The molecule has 6 nitrogen and oxygen atoms in total. The molecule has 0 saturated carbocycles. The zero-order valence-corrected chi connectivity index (χ0v) is 14.5. The van der Waals surface area contributed by atoms with Gasteiger partial charge >= 0.3 is 0 Å². The van der Waals surface area contributed by atoms with E-state index in [1.54, 1.807) is 41.4 Å². The molecule has 0 aliphatic heterocycles. The Morgan fingerprint density at radius 1 is 0.818 bits per heavy atom. The zero-order valence-electron chi connectivity index (χ0n) is 10.7. The summed E-state index contributed by atoms with van der Waals surface area (Å²) in [7, 11) is 0. The van der Waals surface area contributed by atoms with E-state index in [2.05, 4.69) is 36.1 Å².